The Kier molecular flexibility index (Phi) is 4.29. The van der Waals surface area contributed by atoms with Crippen LogP contribution in [0.4, 0.5) is 5.82 Å². The van der Waals surface area contributed by atoms with Crippen molar-refractivity contribution in [2.24, 2.45) is 0 Å². The second kappa shape index (κ2) is 6.36. The summed E-state index contributed by atoms with van der Waals surface area (Å²) in [5.74, 6) is 1.39. The van der Waals surface area contributed by atoms with E-state index >= 15 is 0 Å². The average molecular weight is 321 g/mol. The molecule has 0 bridgehead atoms. The first-order valence-corrected chi connectivity index (χ1v) is 7.65. The fourth-order valence-corrected chi connectivity index (χ4v) is 2.54. The van der Waals surface area contributed by atoms with Gasteiger partial charge in [-0.05, 0) is 12.1 Å². The summed E-state index contributed by atoms with van der Waals surface area (Å²) in [6.45, 7) is 4.69. The van der Waals surface area contributed by atoms with Gasteiger partial charge in [0.15, 0.2) is 11.6 Å². The molecule has 0 N–H and O–H groups in total. The van der Waals surface area contributed by atoms with Crippen molar-refractivity contribution in [2.75, 3.05) is 31.1 Å². The van der Waals surface area contributed by atoms with E-state index in [1.54, 1.807) is 11.1 Å². The molecule has 0 radical (unpaired) electrons. The van der Waals surface area contributed by atoms with Gasteiger partial charge in [-0.2, -0.15) is 0 Å². The first-order valence-electron chi connectivity index (χ1n) is 7.27. The zero-order valence-corrected chi connectivity index (χ0v) is 13.1. The van der Waals surface area contributed by atoms with Crippen molar-refractivity contribution in [2.45, 2.75) is 13.3 Å². The number of pyridine rings is 1. The number of nitrogens with zero attached hydrogens (tertiary/aromatic N) is 4. The summed E-state index contributed by atoms with van der Waals surface area (Å²) in [5, 5.41) is 0.621. The normalized spacial score (nSPS) is 15.2. The van der Waals surface area contributed by atoms with Crippen LogP contribution < -0.4 is 4.90 Å². The van der Waals surface area contributed by atoms with Gasteiger partial charge in [-0.3, -0.25) is 4.79 Å². The number of piperazine rings is 1. The van der Waals surface area contributed by atoms with E-state index in [4.69, 9.17) is 16.0 Å². The van der Waals surface area contributed by atoms with E-state index in [0.717, 1.165) is 18.9 Å². The van der Waals surface area contributed by atoms with Crippen molar-refractivity contribution in [1.29, 1.82) is 0 Å². The summed E-state index contributed by atoms with van der Waals surface area (Å²) in [6.07, 6.45) is 3.76. The van der Waals surface area contributed by atoms with Crippen LogP contribution in [0.3, 0.4) is 0 Å². The largest absolute Gasteiger partial charge is 0.448 e. The van der Waals surface area contributed by atoms with Crippen molar-refractivity contribution >= 4 is 23.3 Å². The molecule has 1 amide bonds. The number of carbonyl (C=O) groups excluding carboxylic acids is 1. The van der Waals surface area contributed by atoms with Gasteiger partial charge in [0, 0.05) is 38.8 Å². The maximum atomic E-state index is 12.4. The number of hydrogen-bond acceptors (Lipinski definition) is 5. The molecule has 7 heteroatoms. The van der Waals surface area contributed by atoms with E-state index < -0.39 is 0 Å². The molecule has 2 aromatic heterocycles. The Balaban J connectivity index is 1.61. The van der Waals surface area contributed by atoms with E-state index in [0.29, 0.717) is 36.1 Å². The Morgan fingerprint density at radius 3 is 2.68 bits per heavy atom. The Hall–Kier alpha value is -2.08. The fourth-order valence-electron chi connectivity index (χ4n) is 2.43. The van der Waals surface area contributed by atoms with Crippen LogP contribution in [0, 0.1) is 0 Å². The molecule has 0 spiro atoms. The third-order valence-electron chi connectivity index (χ3n) is 3.68. The summed E-state index contributed by atoms with van der Waals surface area (Å²) in [5.41, 5.74) is 0.384. The smallest absolute Gasteiger partial charge is 0.275 e. The van der Waals surface area contributed by atoms with Crippen LogP contribution in [0.5, 0.6) is 0 Å². The maximum absolute atomic E-state index is 12.4. The molecule has 3 heterocycles. The molecule has 0 unspecified atom stereocenters. The number of amides is 1. The van der Waals surface area contributed by atoms with Gasteiger partial charge in [-0.25, -0.2) is 9.97 Å². The number of rotatable bonds is 3. The summed E-state index contributed by atoms with van der Waals surface area (Å²) in [6, 6.07) is 3.72. The van der Waals surface area contributed by atoms with Gasteiger partial charge < -0.3 is 14.2 Å². The molecule has 1 aliphatic heterocycles. The number of oxazole rings is 1. The Morgan fingerprint density at radius 2 is 2.09 bits per heavy atom. The predicted molar refractivity (Wildman–Crippen MR) is 83.2 cm³/mol. The number of aromatic nitrogens is 2. The van der Waals surface area contributed by atoms with Crippen molar-refractivity contribution in [3.63, 3.8) is 0 Å². The van der Waals surface area contributed by atoms with Crippen LogP contribution in [0.1, 0.15) is 23.3 Å². The topological polar surface area (TPSA) is 62.5 Å². The zero-order valence-electron chi connectivity index (χ0n) is 12.3. The molecule has 116 valence electrons. The molecule has 0 aliphatic carbocycles. The average Bonchev–Trinajstić information content (AvgIpc) is 3.04. The van der Waals surface area contributed by atoms with Crippen LogP contribution in [0.15, 0.2) is 29.0 Å². The Labute approximate surface area is 133 Å². The van der Waals surface area contributed by atoms with E-state index in [2.05, 4.69) is 14.9 Å². The van der Waals surface area contributed by atoms with Gasteiger partial charge in [-0.1, -0.05) is 18.5 Å². The van der Waals surface area contributed by atoms with Crippen molar-refractivity contribution in [1.82, 2.24) is 14.9 Å². The highest BCUT2D eigenvalue weighted by Gasteiger charge is 2.24. The minimum absolute atomic E-state index is 0.0767. The molecule has 1 saturated heterocycles. The lowest BCUT2D eigenvalue weighted by atomic mass is 10.2. The van der Waals surface area contributed by atoms with Gasteiger partial charge in [0.05, 0.1) is 5.02 Å². The van der Waals surface area contributed by atoms with Gasteiger partial charge >= 0.3 is 0 Å². The highest BCUT2D eigenvalue weighted by Crippen LogP contribution is 2.17. The molecule has 1 fully saturated rings. The molecule has 2 aromatic rings. The Morgan fingerprint density at radius 1 is 1.32 bits per heavy atom. The number of halogens is 1. The van der Waals surface area contributed by atoms with Gasteiger partial charge in [0.2, 0.25) is 0 Å². The van der Waals surface area contributed by atoms with E-state index in [1.807, 2.05) is 19.1 Å². The van der Waals surface area contributed by atoms with Gasteiger partial charge in [-0.15, -0.1) is 0 Å². The van der Waals surface area contributed by atoms with Crippen LogP contribution >= 0.6 is 11.6 Å². The SMILES string of the molecule is CCc1nc(C(=O)N2CCN(c3ccc(Cl)cn3)CC2)co1. The minimum atomic E-state index is -0.0767. The van der Waals surface area contributed by atoms with Crippen LogP contribution in [0.25, 0.3) is 0 Å². The maximum Gasteiger partial charge on any atom is 0.275 e. The van der Waals surface area contributed by atoms with Gasteiger partial charge in [0.1, 0.15) is 12.1 Å². The van der Waals surface area contributed by atoms with Crippen LogP contribution in [-0.2, 0) is 6.42 Å². The molecular weight excluding hydrogens is 304 g/mol. The standard InChI is InChI=1S/C15H17ClN4O2/c1-2-14-18-12(10-22-14)15(21)20-7-5-19(6-8-20)13-4-3-11(16)9-17-13/h3-4,9-10H,2,5-8H2,1H3. The van der Waals surface area contributed by atoms with Crippen molar-refractivity contribution < 1.29 is 9.21 Å². The fraction of sp³-hybridized carbons (Fsp3) is 0.400. The molecular formula is C15H17ClN4O2. The monoisotopic (exact) mass is 320 g/mol. The lowest BCUT2D eigenvalue weighted by molar-refractivity contribution is 0.0740. The number of anilines is 1. The second-order valence-electron chi connectivity index (χ2n) is 5.09. The zero-order chi connectivity index (χ0) is 15.5. The molecule has 0 atom stereocenters. The van der Waals surface area contributed by atoms with E-state index in [1.165, 1.54) is 6.26 Å². The summed E-state index contributed by atoms with van der Waals surface area (Å²) >= 11 is 5.85. The summed E-state index contributed by atoms with van der Waals surface area (Å²) in [4.78, 5) is 24.8. The minimum Gasteiger partial charge on any atom is -0.448 e. The third kappa shape index (κ3) is 3.06. The quantitative estimate of drug-likeness (QED) is 0.868. The molecule has 0 aromatic carbocycles. The lowest BCUT2D eigenvalue weighted by Gasteiger charge is -2.35. The summed E-state index contributed by atoms with van der Waals surface area (Å²) < 4.78 is 5.24. The highest BCUT2D eigenvalue weighted by atomic mass is 35.5. The van der Waals surface area contributed by atoms with E-state index in [9.17, 15) is 4.79 Å². The molecule has 6 nitrogen and oxygen atoms in total. The number of aryl methyl sites for hydroxylation is 1. The number of hydrogen-bond donors (Lipinski definition) is 0. The first-order chi connectivity index (χ1) is 10.7. The molecule has 22 heavy (non-hydrogen) atoms. The van der Waals surface area contributed by atoms with Gasteiger partial charge in [0.25, 0.3) is 5.91 Å². The highest BCUT2D eigenvalue weighted by molar-refractivity contribution is 6.30. The second-order valence-corrected chi connectivity index (χ2v) is 5.53. The molecule has 1 aliphatic rings. The van der Waals surface area contributed by atoms with Crippen LogP contribution in [-0.4, -0.2) is 47.0 Å². The first kappa shape index (κ1) is 14.8. The van der Waals surface area contributed by atoms with E-state index in [-0.39, 0.29) is 5.91 Å². The molecule has 3 rings (SSSR count). The van der Waals surface area contributed by atoms with Crippen molar-refractivity contribution in [3.05, 3.63) is 41.2 Å². The molecule has 0 saturated carbocycles. The van der Waals surface area contributed by atoms with Crippen molar-refractivity contribution in [3.8, 4) is 0 Å². The predicted octanol–water partition coefficient (Wildman–Crippen LogP) is 2.25. The lowest BCUT2D eigenvalue weighted by Crippen LogP contribution is -2.49. The Bertz CT molecular complexity index is 648. The summed E-state index contributed by atoms with van der Waals surface area (Å²) in [7, 11) is 0. The van der Waals surface area contributed by atoms with Crippen LogP contribution in [0.2, 0.25) is 5.02 Å². The third-order valence-corrected chi connectivity index (χ3v) is 3.90. The number of carbonyl (C=O) groups is 1.